The first-order chi connectivity index (χ1) is 10.7. The quantitative estimate of drug-likeness (QED) is 0.939. The molecule has 3 heterocycles. The van der Waals surface area contributed by atoms with E-state index in [1.165, 1.54) is 18.0 Å². The summed E-state index contributed by atoms with van der Waals surface area (Å²) in [6.45, 7) is 3.70. The summed E-state index contributed by atoms with van der Waals surface area (Å²) < 4.78 is 5.90. The van der Waals surface area contributed by atoms with Crippen LogP contribution in [0.5, 0.6) is 0 Å². The molecule has 22 heavy (non-hydrogen) atoms. The number of imidazole rings is 1. The molecule has 3 rings (SSSR count). The Morgan fingerprint density at radius 1 is 1.50 bits per heavy atom. The largest absolute Gasteiger partial charge is 0.335 e. The zero-order valence-electron chi connectivity index (χ0n) is 12.6. The fraction of sp³-hybridized carbons (Fsp3) is 0.571. The van der Waals surface area contributed by atoms with Gasteiger partial charge in [0.05, 0.1) is 6.20 Å². The van der Waals surface area contributed by atoms with Gasteiger partial charge in [0.15, 0.2) is 0 Å². The van der Waals surface area contributed by atoms with E-state index in [1.807, 2.05) is 24.2 Å². The zero-order chi connectivity index (χ0) is 15.4. The number of nitrogens with one attached hydrogen (secondary N) is 1. The van der Waals surface area contributed by atoms with Crippen molar-refractivity contribution in [1.82, 2.24) is 24.0 Å². The van der Waals surface area contributed by atoms with E-state index in [4.69, 9.17) is 0 Å². The van der Waals surface area contributed by atoms with E-state index >= 15 is 0 Å². The number of amides is 2. The molecule has 1 fully saturated rings. The van der Waals surface area contributed by atoms with Gasteiger partial charge in [-0.05, 0) is 32.6 Å². The van der Waals surface area contributed by atoms with Crippen LogP contribution in [0, 0.1) is 6.92 Å². The van der Waals surface area contributed by atoms with Gasteiger partial charge in [-0.1, -0.05) is 4.49 Å². The number of aromatic nitrogens is 4. The molecule has 0 bridgehead atoms. The van der Waals surface area contributed by atoms with Gasteiger partial charge in [-0.2, -0.15) is 0 Å². The van der Waals surface area contributed by atoms with Crippen LogP contribution in [0.3, 0.4) is 0 Å². The second kappa shape index (κ2) is 6.87. The van der Waals surface area contributed by atoms with Crippen molar-refractivity contribution in [3.05, 3.63) is 24.4 Å². The Morgan fingerprint density at radius 3 is 3.14 bits per heavy atom. The highest BCUT2D eigenvalue weighted by Crippen LogP contribution is 2.22. The minimum absolute atomic E-state index is 0.0434. The molecule has 0 unspecified atom stereocenters. The van der Waals surface area contributed by atoms with Gasteiger partial charge in [-0.25, -0.2) is 9.78 Å². The minimum atomic E-state index is -0.0434. The summed E-state index contributed by atoms with van der Waals surface area (Å²) in [7, 11) is 0. The second-order valence-electron chi connectivity index (χ2n) is 5.51. The summed E-state index contributed by atoms with van der Waals surface area (Å²) >= 11 is 1.20. The number of carbonyl (C=O) groups excluding carboxylic acids is 1. The van der Waals surface area contributed by atoms with Gasteiger partial charge in [0, 0.05) is 43.1 Å². The Bertz CT molecular complexity index is 611. The summed E-state index contributed by atoms with van der Waals surface area (Å²) in [6, 6.07) is 0.231. The maximum Gasteiger partial charge on any atom is 0.322 e. The number of anilines is 1. The van der Waals surface area contributed by atoms with Crippen LogP contribution in [0.4, 0.5) is 9.80 Å². The topological polar surface area (TPSA) is 75.9 Å². The molecule has 1 aliphatic heterocycles. The number of carbonyl (C=O) groups is 1. The maximum atomic E-state index is 12.5. The Labute approximate surface area is 133 Å². The van der Waals surface area contributed by atoms with Crippen molar-refractivity contribution in [3.63, 3.8) is 0 Å². The molecule has 7 nitrogen and oxygen atoms in total. The number of hydrogen-bond acceptors (Lipinski definition) is 5. The highest BCUT2D eigenvalue weighted by molar-refractivity contribution is 7.10. The minimum Gasteiger partial charge on any atom is -0.335 e. The molecule has 2 aromatic heterocycles. The summed E-state index contributed by atoms with van der Waals surface area (Å²) in [5, 5.41) is 7.33. The van der Waals surface area contributed by atoms with Crippen LogP contribution >= 0.6 is 11.5 Å². The molecule has 0 radical (unpaired) electrons. The average Bonchev–Trinajstić information content (AvgIpc) is 3.17. The highest BCUT2D eigenvalue weighted by Gasteiger charge is 2.26. The van der Waals surface area contributed by atoms with Gasteiger partial charge in [-0.3, -0.25) is 5.32 Å². The van der Waals surface area contributed by atoms with E-state index in [9.17, 15) is 4.79 Å². The standard InChI is InChI=1S/C14H20N6OS/c1-11-15-6-9-19(11)8-5-12-4-2-3-7-20(12)14(21)17-13-10-16-18-22-13/h6,9-10,12H,2-5,7-8H2,1H3,(H,17,21)/t12-/m0/s1. The molecule has 2 amide bonds. The molecule has 0 aliphatic carbocycles. The van der Waals surface area contributed by atoms with Crippen molar-refractivity contribution < 1.29 is 4.79 Å². The molecule has 0 aromatic carbocycles. The molecule has 0 saturated carbocycles. The zero-order valence-corrected chi connectivity index (χ0v) is 13.4. The van der Waals surface area contributed by atoms with Gasteiger partial charge in [0.25, 0.3) is 0 Å². The van der Waals surface area contributed by atoms with E-state index in [0.29, 0.717) is 5.00 Å². The van der Waals surface area contributed by atoms with Crippen LogP contribution in [0.2, 0.25) is 0 Å². The number of piperidine rings is 1. The summed E-state index contributed by atoms with van der Waals surface area (Å²) in [4.78, 5) is 18.6. The van der Waals surface area contributed by atoms with Gasteiger partial charge in [0.2, 0.25) is 0 Å². The number of rotatable bonds is 4. The smallest absolute Gasteiger partial charge is 0.322 e. The Hall–Kier alpha value is -1.96. The third-order valence-corrected chi connectivity index (χ3v) is 4.69. The first-order valence-corrected chi connectivity index (χ1v) is 8.34. The molecule has 1 aliphatic rings. The molecular weight excluding hydrogens is 300 g/mol. The fourth-order valence-corrected chi connectivity index (χ4v) is 3.31. The van der Waals surface area contributed by atoms with Crippen LogP contribution in [0.25, 0.3) is 0 Å². The SMILES string of the molecule is Cc1nccn1CC[C@@H]1CCCCN1C(=O)Nc1cnns1. The van der Waals surface area contributed by atoms with E-state index in [-0.39, 0.29) is 12.1 Å². The van der Waals surface area contributed by atoms with Crippen LogP contribution in [-0.4, -0.2) is 42.7 Å². The lowest BCUT2D eigenvalue weighted by Crippen LogP contribution is -2.46. The first-order valence-electron chi connectivity index (χ1n) is 7.57. The van der Waals surface area contributed by atoms with Gasteiger partial charge < -0.3 is 9.47 Å². The van der Waals surface area contributed by atoms with E-state index in [0.717, 1.165) is 38.2 Å². The van der Waals surface area contributed by atoms with Crippen LogP contribution in [0.15, 0.2) is 18.6 Å². The molecule has 1 atom stereocenters. The number of aryl methyl sites for hydroxylation is 2. The van der Waals surface area contributed by atoms with Gasteiger partial charge >= 0.3 is 6.03 Å². The van der Waals surface area contributed by atoms with Crippen molar-refractivity contribution in [3.8, 4) is 0 Å². The Morgan fingerprint density at radius 2 is 2.41 bits per heavy atom. The lowest BCUT2D eigenvalue weighted by Gasteiger charge is -2.35. The monoisotopic (exact) mass is 320 g/mol. The molecule has 1 N–H and O–H groups in total. The second-order valence-corrected chi connectivity index (χ2v) is 6.30. The molecule has 1 saturated heterocycles. The van der Waals surface area contributed by atoms with Gasteiger partial charge in [0.1, 0.15) is 10.8 Å². The Balaban J connectivity index is 1.60. The average molecular weight is 320 g/mol. The number of hydrogen-bond donors (Lipinski definition) is 1. The number of nitrogens with zero attached hydrogens (tertiary/aromatic N) is 5. The predicted octanol–water partition coefficient (Wildman–Crippen LogP) is 2.52. The fourth-order valence-electron chi connectivity index (χ4n) is 2.90. The predicted molar refractivity (Wildman–Crippen MR) is 84.9 cm³/mol. The van der Waals surface area contributed by atoms with Crippen LogP contribution in [0.1, 0.15) is 31.5 Å². The van der Waals surface area contributed by atoms with Gasteiger partial charge in [-0.15, -0.1) is 5.10 Å². The molecule has 8 heteroatoms. The number of likely N-dealkylation sites (tertiary alicyclic amines) is 1. The normalized spacial score (nSPS) is 18.4. The Kier molecular flexibility index (Phi) is 4.67. The van der Waals surface area contributed by atoms with E-state index in [2.05, 4.69) is 24.5 Å². The third-order valence-electron chi connectivity index (χ3n) is 4.11. The van der Waals surface area contributed by atoms with E-state index < -0.39 is 0 Å². The summed E-state index contributed by atoms with van der Waals surface area (Å²) in [6.07, 6.45) is 9.64. The molecule has 0 spiro atoms. The lowest BCUT2D eigenvalue weighted by molar-refractivity contribution is 0.155. The number of urea groups is 1. The van der Waals surface area contributed by atoms with Crippen molar-refractivity contribution in [2.45, 2.75) is 45.2 Å². The maximum absolute atomic E-state index is 12.5. The van der Waals surface area contributed by atoms with Crippen molar-refractivity contribution in [2.24, 2.45) is 0 Å². The van der Waals surface area contributed by atoms with Crippen molar-refractivity contribution >= 4 is 22.6 Å². The first kappa shape index (κ1) is 15.0. The molecule has 118 valence electrons. The molecular formula is C14H20N6OS. The summed E-state index contributed by atoms with van der Waals surface area (Å²) in [5.74, 6) is 1.02. The van der Waals surface area contributed by atoms with Crippen molar-refractivity contribution in [1.29, 1.82) is 0 Å². The van der Waals surface area contributed by atoms with Crippen LogP contribution in [-0.2, 0) is 6.54 Å². The summed E-state index contributed by atoms with van der Waals surface area (Å²) in [5.41, 5.74) is 0. The lowest BCUT2D eigenvalue weighted by atomic mass is 10.00. The third kappa shape index (κ3) is 3.44. The highest BCUT2D eigenvalue weighted by atomic mass is 32.1. The molecule has 2 aromatic rings. The van der Waals surface area contributed by atoms with E-state index in [1.54, 1.807) is 6.20 Å². The van der Waals surface area contributed by atoms with Crippen LogP contribution < -0.4 is 5.32 Å². The van der Waals surface area contributed by atoms with Crippen molar-refractivity contribution in [2.75, 3.05) is 11.9 Å².